The van der Waals surface area contributed by atoms with E-state index in [4.69, 9.17) is 4.74 Å². The molecule has 1 aromatic heterocycles. The van der Waals surface area contributed by atoms with E-state index in [0.29, 0.717) is 37.6 Å². The average molecular weight is 342 g/mol. The molecule has 2 heterocycles. The maximum absolute atomic E-state index is 12.6. The quantitative estimate of drug-likeness (QED) is 0.869. The van der Waals surface area contributed by atoms with Crippen molar-refractivity contribution in [2.45, 2.75) is 0 Å². The molecule has 0 unspecified atom stereocenters. The Morgan fingerprint density at radius 3 is 2.67 bits per heavy atom. The zero-order chi connectivity index (χ0) is 16.8. The van der Waals surface area contributed by atoms with Gasteiger partial charge in [0, 0.05) is 24.0 Å². The predicted octanol–water partition coefficient (Wildman–Crippen LogP) is 2.87. The number of anilines is 1. The van der Waals surface area contributed by atoms with Gasteiger partial charge in [0.1, 0.15) is 0 Å². The Morgan fingerprint density at radius 1 is 1.12 bits per heavy atom. The second-order valence-corrected chi connectivity index (χ2v) is 6.27. The molecular weight excluding hydrogens is 324 g/mol. The van der Waals surface area contributed by atoms with Gasteiger partial charge in [0.15, 0.2) is 0 Å². The normalized spacial score (nSPS) is 14.8. The summed E-state index contributed by atoms with van der Waals surface area (Å²) >= 11 is 1.56. The molecule has 3 rings (SSSR count). The molecule has 1 aliphatic heterocycles. The minimum Gasteiger partial charge on any atom is -0.378 e. The SMILES string of the molecule is O=C(/C=C/c1cccs1)Nc1ccccc1C(=O)N1CCOCC1. The number of carbonyl (C=O) groups is 2. The van der Waals surface area contributed by atoms with Crippen LogP contribution in [0.3, 0.4) is 0 Å². The number of thiophene rings is 1. The molecular formula is C18H18N2O3S. The number of carbonyl (C=O) groups excluding carboxylic acids is 2. The first kappa shape index (κ1) is 16.4. The maximum atomic E-state index is 12.6. The summed E-state index contributed by atoms with van der Waals surface area (Å²) in [7, 11) is 0. The molecule has 1 fully saturated rings. The predicted molar refractivity (Wildman–Crippen MR) is 95.1 cm³/mol. The van der Waals surface area contributed by atoms with E-state index in [9.17, 15) is 9.59 Å². The van der Waals surface area contributed by atoms with Crippen molar-refractivity contribution in [3.8, 4) is 0 Å². The summed E-state index contributed by atoms with van der Waals surface area (Å²) < 4.78 is 5.28. The summed E-state index contributed by atoms with van der Waals surface area (Å²) in [5.74, 6) is -0.345. The van der Waals surface area contributed by atoms with Crippen LogP contribution in [-0.2, 0) is 9.53 Å². The number of hydrogen-bond donors (Lipinski definition) is 1. The number of hydrogen-bond acceptors (Lipinski definition) is 4. The minimum atomic E-state index is -0.259. The van der Waals surface area contributed by atoms with Gasteiger partial charge < -0.3 is 15.0 Å². The lowest BCUT2D eigenvalue weighted by atomic mass is 10.1. The molecule has 24 heavy (non-hydrogen) atoms. The number of amides is 2. The van der Waals surface area contributed by atoms with Crippen molar-refractivity contribution in [3.05, 3.63) is 58.3 Å². The van der Waals surface area contributed by atoms with Gasteiger partial charge in [0.05, 0.1) is 24.5 Å². The van der Waals surface area contributed by atoms with Crippen LogP contribution >= 0.6 is 11.3 Å². The molecule has 1 N–H and O–H groups in total. The molecule has 0 aliphatic carbocycles. The Bertz CT molecular complexity index is 734. The lowest BCUT2D eigenvalue weighted by Crippen LogP contribution is -2.41. The van der Waals surface area contributed by atoms with Gasteiger partial charge in [-0.05, 0) is 29.7 Å². The number of morpholine rings is 1. The number of ether oxygens (including phenoxy) is 1. The van der Waals surface area contributed by atoms with Gasteiger partial charge in [-0.3, -0.25) is 9.59 Å². The highest BCUT2D eigenvalue weighted by atomic mass is 32.1. The van der Waals surface area contributed by atoms with E-state index < -0.39 is 0 Å². The van der Waals surface area contributed by atoms with E-state index in [1.54, 1.807) is 46.6 Å². The summed E-state index contributed by atoms with van der Waals surface area (Å²) in [6.07, 6.45) is 3.23. The fraction of sp³-hybridized carbons (Fsp3) is 0.222. The summed E-state index contributed by atoms with van der Waals surface area (Å²) in [4.78, 5) is 27.5. The molecule has 0 atom stereocenters. The van der Waals surface area contributed by atoms with E-state index in [1.165, 1.54) is 6.08 Å². The summed E-state index contributed by atoms with van der Waals surface area (Å²) in [5.41, 5.74) is 1.02. The van der Waals surface area contributed by atoms with Crippen LogP contribution in [0.1, 0.15) is 15.2 Å². The van der Waals surface area contributed by atoms with Crippen molar-refractivity contribution >= 4 is 34.9 Å². The van der Waals surface area contributed by atoms with Gasteiger partial charge in [-0.2, -0.15) is 0 Å². The highest BCUT2D eigenvalue weighted by Crippen LogP contribution is 2.18. The molecule has 0 spiro atoms. The fourth-order valence-corrected chi connectivity index (χ4v) is 3.05. The van der Waals surface area contributed by atoms with Crippen LogP contribution in [0, 0.1) is 0 Å². The number of benzene rings is 1. The first-order valence-electron chi connectivity index (χ1n) is 7.72. The van der Waals surface area contributed by atoms with Crippen molar-refractivity contribution in [1.82, 2.24) is 4.90 Å². The lowest BCUT2D eigenvalue weighted by molar-refractivity contribution is -0.111. The van der Waals surface area contributed by atoms with Crippen molar-refractivity contribution in [2.24, 2.45) is 0 Å². The molecule has 124 valence electrons. The Balaban J connectivity index is 1.71. The molecule has 1 saturated heterocycles. The van der Waals surface area contributed by atoms with Gasteiger partial charge in [0.25, 0.3) is 5.91 Å². The van der Waals surface area contributed by atoms with E-state index in [-0.39, 0.29) is 11.8 Å². The number of para-hydroxylation sites is 1. The Kier molecular flexibility index (Phi) is 5.40. The molecule has 2 aromatic rings. The topological polar surface area (TPSA) is 58.6 Å². The minimum absolute atomic E-state index is 0.0866. The fourth-order valence-electron chi connectivity index (χ4n) is 2.43. The van der Waals surface area contributed by atoms with Crippen LogP contribution in [0.2, 0.25) is 0 Å². The number of nitrogens with one attached hydrogen (secondary N) is 1. The molecule has 1 aliphatic rings. The van der Waals surface area contributed by atoms with Crippen LogP contribution in [0.4, 0.5) is 5.69 Å². The Hall–Kier alpha value is -2.44. The largest absolute Gasteiger partial charge is 0.378 e. The van der Waals surface area contributed by atoms with Crippen LogP contribution in [0.5, 0.6) is 0 Å². The molecule has 0 bridgehead atoms. The highest BCUT2D eigenvalue weighted by molar-refractivity contribution is 7.10. The Morgan fingerprint density at radius 2 is 1.92 bits per heavy atom. The lowest BCUT2D eigenvalue weighted by Gasteiger charge is -2.27. The van der Waals surface area contributed by atoms with E-state index in [0.717, 1.165) is 4.88 Å². The third-order valence-corrected chi connectivity index (χ3v) is 4.49. The van der Waals surface area contributed by atoms with Crippen LogP contribution in [0.25, 0.3) is 6.08 Å². The van der Waals surface area contributed by atoms with Gasteiger partial charge in [-0.1, -0.05) is 18.2 Å². The van der Waals surface area contributed by atoms with Gasteiger partial charge >= 0.3 is 0 Å². The molecule has 0 saturated carbocycles. The van der Waals surface area contributed by atoms with Crippen LogP contribution in [-0.4, -0.2) is 43.0 Å². The molecule has 0 radical (unpaired) electrons. The number of nitrogens with zero attached hydrogens (tertiary/aromatic N) is 1. The van der Waals surface area contributed by atoms with Crippen molar-refractivity contribution in [3.63, 3.8) is 0 Å². The first-order chi connectivity index (χ1) is 11.7. The summed E-state index contributed by atoms with van der Waals surface area (Å²) in [6, 6.07) is 10.9. The maximum Gasteiger partial charge on any atom is 0.256 e. The molecule has 5 nitrogen and oxygen atoms in total. The van der Waals surface area contributed by atoms with E-state index in [2.05, 4.69) is 5.32 Å². The van der Waals surface area contributed by atoms with Crippen molar-refractivity contribution in [1.29, 1.82) is 0 Å². The average Bonchev–Trinajstić information content (AvgIpc) is 3.14. The monoisotopic (exact) mass is 342 g/mol. The summed E-state index contributed by atoms with van der Waals surface area (Å²) in [5, 5.41) is 4.75. The standard InChI is InChI=1S/C18H18N2O3S/c21-17(8-7-14-4-3-13-24-14)19-16-6-2-1-5-15(16)18(22)20-9-11-23-12-10-20/h1-8,13H,9-12H2,(H,19,21)/b8-7+. The van der Waals surface area contributed by atoms with E-state index in [1.807, 2.05) is 17.5 Å². The van der Waals surface area contributed by atoms with Crippen LogP contribution in [0.15, 0.2) is 47.9 Å². The first-order valence-corrected chi connectivity index (χ1v) is 8.60. The number of rotatable bonds is 4. The van der Waals surface area contributed by atoms with E-state index >= 15 is 0 Å². The molecule has 2 amide bonds. The third kappa shape index (κ3) is 4.10. The zero-order valence-electron chi connectivity index (χ0n) is 13.1. The second-order valence-electron chi connectivity index (χ2n) is 5.29. The smallest absolute Gasteiger partial charge is 0.256 e. The summed E-state index contributed by atoms with van der Waals surface area (Å²) in [6.45, 7) is 2.23. The van der Waals surface area contributed by atoms with Gasteiger partial charge in [-0.25, -0.2) is 0 Å². The van der Waals surface area contributed by atoms with Crippen molar-refractivity contribution < 1.29 is 14.3 Å². The van der Waals surface area contributed by atoms with Crippen LogP contribution < -0.4 is 5.32 Å². The highest BCUT2D eigenvalue weighted by Gasteiger charge is 2.21. The van der Waals surface area contributed by atoms with Gasteiger partial charge in [-0.15, -0.1) is 11.3 Å². The third-order valence-electron chi connectivity index (χ3n) is 3.66. The Labute approximate surface area is 144 Å². The molecule has 6 heteroatoms. The van der Waals surface area contributed by atoms with Gasteiger partial charge in [0.2, 0.25) is 5.91 Å². The zero-order valence-corrected chi connectivity index (χ0v) is 13.9. The molecule has 1 aromatic carbocycles. The van der Waals surface area contributed by atoms with Crippen molar-refractivity contribution in [2.75, 3.05) is 31.6 Å². The second kappa shape index (κ2) is 7.90.